The maximum atomic E-state index is 6.36. The van der Waals surface area contributed by atoms with Gasteiger partial charge in [0.25, 0.3) is 0 Å². The van der Waals surface area contributed by atoms with Crippen molar-refractivity contribution in [1.82, 2.24) is 14.8 Å². The zero-order chi connectivity index (χ0) is 20.8. The molecule has 1 aromatic heterocycles. The number of hydrogen-bond donors (Lipinski definition) is 0. The van der Waals surface area contributed by atoms with E-state index in [0.29, 0.717) is 0 Å². The Morgan fingerprint density at radius 2 is 1.86 bits per heavy atom. The quantitative estimate of drug-likeness (QED) is 0.618. The van der Waals surface area contributed by atoms with Crippen LogP contribution in [0.25, 0.3) is 11.4 Å². The van der Waals surface area contributed by atoms with E-state index in [-0.39, 0.29) is 23.3 Å². The predicted molar refractivity (Wildman–Crippen MR) is 115 cm³/mol. The van der Waals surface area contributed by atoms with Gasteiger partial charge < -0.3 is 9.47 Å². The Bertz CT molecular complexity index is 850. The molecule has 29 heavy (non-hydrogen) atoms. The van der Waals surface area contributed by atoms with Crippen LogP contribution in [-0.2, 0) is 15.9 Å². The maximum absolute atomic E-state index is 6.36. The molecule has 1 aliphatic carbocycles. The summed E-state index contributed by atoms with van der Waals surface area (Å²) in [6.07, 6.45) is 4.41. The molecule has 2 fully saturated rings. The monoisotopic (exact) mass is 397 g/mol. The molecule has 2 aliphatic rings. The van der Waals surface area contributed by atoms with Gasteiger partial charge in [0, 0.05) is 12.0 Å². The summed E-state index contributed by atoms with van der Waals surface area (Å²) in [7, 11) is 0. The molecule has 0 bridgehead atoms. The molecule has 2 heterocycles. The number of aryl methyl sites for hydroxylation is 1. The van der Waals surface area contributed by atoms with Gasteiger partial charge in [-0.2, -0.15) is 5.10 Å². The van der Waals surface area contributed by atoms with Crippen molar-refractivity contribution in [2.24, 2.45) is 5.92 Å². The second-order valence-electron chi connectivity index (χ2n) is 9.89. The number of aromatic nitrogens is 3. The fraction of sp³-hybridized carbons (Fsp3) is 0.667. The van der Waals surface area contributed by atoms with Crippen molar-refractivity contribution in [1.29, 1.82) is 0 Å². The van der Waals surface area contributed by atoms with Crippen molar-refractivity contribution in [3.63, 3.8) is 0 Å². The standard InChI is InChI=1S/C24H35N3O2/c1-7-17-10-12-19(13-11-17)21-25-22(16(2)28-15-18-8-9-18)27(26-21)20-14-23(3,4)29-24(20,5)6/h10-13,16,18,20H,7-9,14-15H2,1-6H3. The van der Waals surface area contributed by atoms with Crippen molar-refractivity contribution >= 4 is 0 Å². The first-order chi connectivity index (χ1) is 13.7. The zero-order valence-electron chi connectivity index (χ0n) is 18.7. The summed E-state index contributed by atoms with van der Waals surface area (Å²) in [6.45, 7) is 13.7. The summed E-state index contributed by atoms with van der Waals surface area (Å²) in [5, 5.41) is 4.99. The molecular formula is C24H35N3O2. The van der Waals surface area contributed by atoms with Gasteiger partial charge in [0.2, 0.25) is 0 Å². The Hall–Kier alpha value is -1.72. The van der Waals surface area contributed by atoms with Crippen molar-refractivity contribution in [3.05, 3.63) is 35.7 Å². The molecule has 2 aromatic rings. The molecule has 4 rings (SSSR count). The molecule has 0 N–H and O–H groups in total. The highest BCUT2D eigenvalue weighted by Gasteiger charge is 2.48. The number of ether oxygens (including phenoxy) is 2. The predicted octanol–water partition coefficient (Wildman–Crippen LogP) is 5.51. The number of hydrogen-bond acceptors (Lipinski definition) is 4. The molecule has 5 nitrogen and oxygen atoms in total. The summed E-state index contributed by atoms with van der Waals surface area (Å²) < 4.78 is 14.6. The molecule has 1 saturated carbocycles. The summed E-state index contributed by atoms with van der Waals surface area (Å²) >= 11 is 0. The van der Waals surface area contributed by atoms with Gasteiger partial charge in [-0.1, -0.05) is 31.2 Å². The molecule has 0 amide bonds. The molecule has 0 radical (unpaired) electrons. The van der Waals surface area contributed by atoms with Crippen molar-refractivity contribution < 1.29 is 9.47 Å². The minimum atomic E-state index is -0.314. The lowest BCUT2D eigenvalue weighted by Crippen LogP contribution is -2.32. The third-order valence-corrected chi connectivity index (χ3v) is 6.24. The highest BCUT2D eigenvalue weighted by Crippen LogP contribution is 2.46. The summed E-state index contributed by atoms with van der Waals surface area (Å²) in [5.41, 5.74) is 1.87. The second kappa shape index (κ2) is 7.51. The Morgan fingerprint density at radius 3 is 2.41 bits per heavy atom. The third-order valence-electron chi connectivity index (χ3n) is 6.24. The number of benzene rings is 1. The van der Waals surface area contributed by atoms with E-state index in [9.17, 15) is 0 Å². The van der Waals surface area contributed by atoms with Gasteiger partial charge in [0.05, 0.1) is 23.9 Å². The van der Waals surface area contributed by atoms with E-state index in [1.165, 1.54) is 18.4 Å². The van der Waals surface area contributed by atoms with Crippen LogP contribution in [0.2, 0.25) is 0 Å². The minimum absolute atomic E-state index is 0.0914. The number of rotatable bonds is 7. The average Bonchev–Trinajstić information content (AvgIpc) is 3.34. The molecular weight excluding hydrogens is 362 g/mol. The number of nitrogens with zero attached hydrogens (tertiary/aromatic N) is 3. The Morgan fingerprint density at radius 1 is 1.17 bits per heavy atom. The first-order valence-corrected chi connectivity index (χ1v) is 11.1. The normalized spacial score (nSPS) is 24.0. The molecule has 1 aliphatic heterocycles. The highest BCUT2D eigenvalue weighted by atomic mass is 16.5. The topological polar surface area (TPSA) is 49.2 Å². The molecule has 1 aromatic carbocycles. The summed E-state index contributed by atoms with van der Waals surface area (Å²) in [6, 6.07) is 8.69. The fourth-order valence-electron chi connectivity index (χ4n) is 4.41. The van der Waals surface area contributed by atoms with Gasteiger partial charge >= 0.3 is 0 Å². The van der Waals surface area contributed by atoms with Gasteiger partial charge in [-0.25, -0.2) is 9.67 Å². The molecule has 1 saturated heterocycles. The Balaban J connectivity index is 1.69. The van der Waals surface area contributed by atoms with Crippen LogP contribution in [0.4, 0.5) is 0 Å². The van der Waals surface area contributed by atoms with Crippen molar-refractivity contribution in [2.45, 2.75) is 90.6 Å². The van der Waals surface area contributed by atoms with E-state index < -0.39 is 0 Å². The highest BCUT2D eigenvalue weighted by molar-refractivity contribution is 5.55. The first-order valence-electron chi connectivity index (χ1n) is 11.1. The van der Waals surface area contributed by atoms with Crippen LogP contribution in [0.3, 0.4) is 0 Å². The Kier molecular flexibility index (Phi) is 5.32. The molecule has 5 heteroatoms. The lowest BCUT2D eigenvalue weighted by atomic mass is 9.94. The van der Waals surface area contributed by atoms with E-state index >= 15 is 0 Å². The summed E-state index contributed by atoms with van der Waals surface area (Å²) in [4.78, 5) is 4.96. The molecule has 2 atom stereocenters. The third kappa shape index (κ3) is 4.41. The Labute approximate surface area is 174 Å². The minimum Gasteiger partial charge on any atom is -0.370 e. The largest absolute Gasteiger partial charge is 0.370 e. The van der Waals surface area contributed by atoms with Crippen LogP contribution < -0.4 is 0 Å². The molecule has 2 unspecified atom stereocenters. The second-order valence-corrected chi connectivity index (χ2v) is 9.89. The van der Waals surface area contributed by atoms with Crippen molar-refractivity contribution in [3.8, 4) is 11.4 Å². The van der Waals surface area contributed by atoms with E-state index in [0.717, 1.165) is 42.6 Å². The maximum Gasteiger partial charge on any atom is 0.181 e. The van der Waals surface area contributed by atoms with Gasteiger partial charge in [0.1, 0.15) is 6.10 Å². The van der Waals surface area contributed by atoms with E-state index in [1.807, 2.05) is 0 Å². The van der Waals surface area contributed by atoms with Crippen LogP contribution in [0, 0.1) is 5.92 Å². The van der Waals surface area contributed by atoms with Crippen molar-refractivity contribution in [2.75, 3.05) is 6.61 Å². The van der Waals surface area contributed by atoms with Crippen LogP contribution in [0.15, 0.2) is 24.3 Å². The van der Waals surface area contributed by atoms with Crippen LogP contribution in [0.5, 0.6) is 0 Å². The van der Waals surface area contributed by atoms with E-state index in [1.54, 1.807) is 0 Å². The SMILES string of the molecule is CCc1ccc(-c2nc(C(C)OCC3CC3)n(C3CC(C)(C)OC3(C)C)n2)cc1. The zero-order valence-corrected chi connectivity index (χ0v) is 18.7. The molecule has 158 valence electrons. The fourth-order valence-corrected chi connectivity index (χ4v) is 4.41. The van der Waals surface area contributed by atoms with Gasteiger partial charge in [-0.05, 0) is 65.4 Å². The first kappa shape index (κ1) is 20.5. The average molecular weight is 398 g/mol. The van der Waals surface area contributed by atoms with Crippen LogP contribution in [0.1, 0.15) is 84.3 Å². The van der Waals surface area contributed by atoms with E-state index in [4.69, 9.17) is 19.6 Å². The van der Waals surface area contributed by atoms with Gasteiger partial charge in [-0.15, -0.1) is 0 Å². The lowest BCUT2D eigenvalue weighted by Gasteiger charge is -2.28. The smallest absolute Gasteiger partial charge is 0.181 e. The lowest BCUT2D eigenvalue weighted by molar-refractivity contribution is -0.0745. The molecule has 0 spiro atoms. The van der Waals surface area contributed by atoms with Crippen LogP contribution in [-0.4, -0.2) is 32.6 Å². The van der Waals surface area contributed by atoms with Gasteiger partial charge in [-0.3, -0.25) is 0 Å². The van der Waals surface area contributed by atoms with Gasteiger partial charge in [0.15, 0.2) is 11.6 Å². The van der Waals surface area contributed by atoms with Crippen LogP contribution >= 0.6 is 0 Å². The van der Waals surface area contributed by atoms with E-state index in [2.05, 4.69) is 70.5 Å². The summed E-state index contributed by atoms with van der Waals surface area (Å²) in [5.74, 6) is 2.39.